The smallest absolute Gasteiger partial charge is 0.309 e. The van der Waals surface area contributed by atoms with Crippen LogP contribution in [0.1, 0.15) is 47.0 Å². The first-order chi connectivity index (χ1) is 7.94. The third kappa shape index (κ3) is 5.07. The minimum Gasteiger partial charge on any atom is -0.466 e. The van der Waals surface area contributed by atoms with E-state index in [1.807, 2.05) is 13.8 Å². The van der Waals surface area contributed by atoms with Crippen LogP contribution in [0.25, 0.3) is 0 Å². The number of hydrogen-bond donors (Lipinski definition) is 0. The summed E-state index contributed by atoms with van der Waals surface area (Å²) in [6.45, 7) is 12.1. The van der Waals surface area contributed by atoms with Crippen LogP contribution in [0.5, 0.6) is 0 Å². The quantitative estimate of drug-likeness (QED) is 0.709. The van der Waals surface area contributed by atoms with E-state index in [0.717, 1.165) is 19.6 Å². The van der Waals surface area contributed by atoms with Crippen molar-refractivity contribution >= 4 is 5.97 Å². The molecule has 0 spiro atoms. The predicted molar refractivity (Wildman–Crippen MR) is 69.9 cm³/mol. The monoisotopic (exact) mass is 241 g/mol. The number of rotatable bonds is 4. The molecule has 1 fully saturated rings. The van der Waals surface area contributed by atoms with Gasteiger partial charge in [0.2, 0.25) is 0 Å². The lowest BCUT2D eigenvalue weighted by Crippen LogP contribution is -2.33. The summed E-state index contributed by atoms with van der Waals surface area (Å²) >= 11 is 0. The molecule has 0 bridgehead atoms. The van der Waals surface area contributed by atoms with E-state index < -0.39 is 0 Å². The van der Waals surface area contributed by atoms with Crippen LogP contribution in [0, 0.1) is 11.3 Å². The topological polar surface area (TPSA) is 29.5 Å². The minimum absolute atomic E-state index is 0.00355. The SMILES string of the molecule is CCOC(=O)C(C)CN1CCCC(C)(C)CC1. The maximum atomic E-state index is 11.6. The summed E-state index contributed by atoms with van der Waals surface area (Å²) in [6.07, 6.45) is 3.75. The van der Waals surface area contributed by atoms with E-state index >= 15 is 0 Å². The van der Waals surface area contributed by atoms with Crippen molar-refractivity contribution in [2.75, 3.05) is 26.2 Å². The molecule has 1 saturated heterocycles. The van der Waals surface area contributed by atoms with Crippen LogP contribution in [0.15, 0.2) is 0 Å². The van der Waals surface area contributed by atoms with E-state index in [9.17, 15) is 4.79 Å². The van der Waals surface area contributed by atoms with Crippen LogP contribution in [0.3, 0.4) is 0 Å². The van der Waals surface area contributed by atoms with Gasteiger partial charge in [-0.3, -0.25) is 4.79 Å². The van der Waals surface area contributed by atoms with Crippen molar-refractivity contribution in [1.29, 1.82) is 0 Å². The zero-order valence-electron chi connectivity index (χ0n) is 11.8. The molecule has 1 unspecified atom stereocenters. The maximum absolute atomic E-state index is 11.6. The molecule has 0 aromatic heterocycles. The Morgan fingerprint density at radius 2 is 2.06 bits per heavy atom. The Hall–Kier alpha value is -0.570. The van der Waals surface area contributed by atoms with Crippen LogP contribution in [-0.2, 0) is 9.53 Å². The maximum Gasteiger partial charge on any atom is 0.309 e. The highest BCUT2D eigenvalue weighted by Crippen LogP contribution is 2.29. The molecule has 1 rings (SSSR count). The Labute approximate surface area is 106 Å². The fraction of sp³-hybridized carbons (Fsp3) is 0.929. The minimum atomic E-state index is -0.0593. The van der Waals surface area contributed by atoms with E-state index in [4.69, 9.17) is 4.74 Å². The second-order valence-electron chi connectivity index (χ2n) is 5.97. The number of carbonyl (C=O) groups is 1. The predicted octanol–water partition coefficient (Wildman–Crippen LogP) is 2.70. The Morgan fingerprint density at radius 3 is 2.71 bits per heavy atom. The molecule has 0 aromatic carbocycles. The molecule has 0 aromatic rings. The first kappa shape index (κ1) is 14.5. The van der Waals surface area contributed by atoms with Crippen LogP contribution in [-0.4, -0.2) is 37.1 Å². The molecule has 0 radical (unpaired) electrons. The van der Waals surface area contributed by atoms with Crippen molar-refractivity contribution in [2.24, 2.45) is 11.3 Å². The average molecular weight is 241 g/mol. The standard InChI is InChI=1S/C14H27NO2/c1-5-17-13(16)12(2)11-15-9-6-7-14(3,4)8-10-15/h12H,5-11H2,1-4H3. The highest BCUT2D eigenvalue weighted by atomic mass is 16.5. The lowest BCUT2D eigenvalue weighted by molar-refractivity contribution is -0.148. The van der Waals surface area contributed by atoms with E-state index in [2.05, 4.69) is 18.7 Å². The summed E-state index contributed by atoms with van der Waals surface area (Å²) < 4.78 is 5.05. The molecule has 3 heteroatoms. The Balaban J connectivity index is 2.38. The number of hydrogen-bond acceptors (Lipinski definition) is 3. The van der Waals surface area contributed by atoms with Gasteiger partial charge in [-0.1, -0.05) is 20.8 Å². The number of likely N-dealkylation sites (tertiary alicyclic amines) is 1. The van der Waals surface area contributed by atoms with Crippen molar-refractivity contribution in [2.45, 2.75) is 47.0 Å². The van der Waals surface area contributed by atoms with Crippen molar-refractivity contribution in [3.8, 4) is 0 Å². The largest absolute Gasteiger partial charge is 0.466 e. The van der Waals surface area contributed by atoms with Crippen molar-refractivity contribution < 1.29 is 9.53 Å². The Kier molecular flexibility index (Phi) is 5.44. The molecule has 0 aliphatic carbocycles. The van der Waals surface area contributed by atoms with Gasteiger partial charge in [0.1, 0.15) is 0 Å². The van der Waals surface area contributed by atoms with E-state index in [1.54, 1.807) is 0 Å². The second kappa shape index (κ2) is 6.39. The third-order valence-electron chi connectivity index (χ3n) is 3.65. The molecule has 0 amide bonds. The van der Waals surface area contributed by atoms with Gasteiger partial charge < -0.3 is 9.64 Å². The molecule has 0 N–H and O–H groups in total. The number of ether oxygens (including phenoxy) is 1. The van der Waals surface area contributed by atoms with Gasteiger partial charge in [-0.25, -0.2) is 0 Å². The Morgan fingerprint density at radius 1 is 1.35 bits per heavy atom. The highest BCUT2D eigenvalue weighted by Gasteiger charge is 2.25. The highest BCUT2D eigenvalue weighted by molar-refractivity contribution is 5.72. The van der Waals surface area contributed by atoms with Gasteiger partial charge in [-0.2, -0.15) is 0 Å². The van der Waals surface area contributed by atoms with E-state index in [-0.39, 0.29) is 11.9 Å². The zero-order valence-corrected chi connectivity index (χ0v) is 11.8. The molecule has 1 aliphatic heterocycles. The van der Waals surface area contributed by atoms with Gasteiger partial charge in [0, 0.05) is 6.54 Å². The normalized spacial score (nSPS) is 22.8. The van der Waals surface area contributed by atoms with Crippen LogP contribution >= 0.6 is 0 Å². The second-order valence-corrected chi connectivity index (χ2v) is 5.97. The molecule has 1 heterocycles. The number of nitrogens with zero attached hydrogens (tertiary/aromatic N) is 1. The lowest BCUT2D eigenvalue weighted by atomic mass is 9.85. The molecule has 17 heavy (non-hydrogen) atoms. The van der Waals surface area contributed by atoms with Crippen LogP contribution in [0.2, 0.25) is 0 Å². The summed E-state index contributed by atoms with van der Waals surface area (Å²) in [6, 6.07) is 0. The molecule has 1 atom stereocenters. The van der Waals surface area contributed by atoms with Gasteiger partial charge in [0.25, 0.3) is 0 Å². The van der Waals surface area contributed by atoms with Crippen molar-refractivity contribution in [3.05, 3.63) is 0 Å². The number of carbonyl (C=O) groups excluding carboxylic acids is 1. The van der Waals surface area contributed by atoms with Gasteiger partial charge in [-0.15, -0.1) is 0 Å². The summed E-state index contributed by atoms with van der Waals surface area (Å²) in [4.78, 5) is 14.0. The van der Waals surface area contributed by atoms with Gasteiger partial charge >= 0.3 is 5.97 Å². The summed E-state index contributed by atoms with van der Waals surface area (Å²) in [5.74, 6) is -0.0628. The summed E-state index contributed by atoms with van der Waals surface area (Å²) in [7, 11) is 0. The van der Waals surface area contributed by atoms with E-state index in [1.165, 1.54) is 19.3 Å². The third-order valence-corrected chi connectivity index (χ3v) is 3.65. The van der Waals surface area contributed by atoms with Gasteiger partial charge in [-0.05, 0) is 44.7 Å². The molecule has 3 nitrogen and oxygen atoms in total. The summed E-state index contributed by atoms with van der Waals surface area (Å²) in [5.41, 5.74) is 0.460. The Bertz CT molecular complexity index is 251. The molecule has 0 saturated carbocycles. The van der Waals surface area contributed by atoms with Gasteiger partial charge in [0.15, 0.2) is 0 Å². The van der Waals surface area contributed by atoms with Crippen molar-refractivity contribution in [1.82, 2.24) is 4.90 Å². The first-order valence-corrected chi connectivity index (χ1v) is 6.83. The van der Waals surface area contributed by atoms with Crippen LogP contribution < -0.4 is 0 Å². The molecular formula is C14H27NO2. The van der Waals surface area contributed by atoms with Gasteiger partial charge in [0.05, 0.1) is 12.5 Å². The average Bonchev–Trinajstić information content (AvgIpc) is 2.41. The van der Waals surface area contributed by atoms with Crippen molar-refractivity contribution in [3.63, 3.8) is 0 Å². The first-order valence-electron chi connectivity index (χ1n) is 6.83. The summed E-state index contributed by atoms with van der Waals surface area (Å²) in [5, 5.41) is 0. The molecule has 100 valence electrons. The molecular weight excluding hydrogens is 214 g/mol. The zero-order chi connectivity index (χ0) is 12.9. The fourth-order valence-electron chi connectivity index (χ4n) is 2.41. The fourth-order valence-corrected chi connectivity index (χ4v) is 2.41. The number of esters is 1. The lowest BCUT2D eigenvalue weighted by Gasteiger charge is -2.24. The molecule has 1 aliphatic rings. The van der Waals surface area contributed by atoms with Crippen LogP contribution in [0.4, 0.5) is 0 Å². The van der Waals surface area contributed by atoms with E-state index in [0.29, 0.717) is 12.0 Å².